The van der Waals surface area contributed by atoms with Crippen molar-refractivity contribution in [2.24, 2.45) is 16.8 Å². The van der Waals surface area contributed by atoms with Crippen LogP contribution in [0.25, 0.3) is 0 Å². The summed E-state index contributed by atoms with van der Waals surface area (Å²) >= 11 is 0. The fraction of sp³-hybridized carbons (Fsp3) is 0.682. The zero-order chi connectivity index (χ0) is 19.6. The number of aliphatic hydroxyl groups excluding tert-OH is 1. The molecule has 28 heavy (non-hydrogen) atoms. The fourth-order valence-electron chi connectivity index (χ4n) is 3.75. The summed E-state index contributed by atoms with van der Waals surface area (Å²) < 4.78 is 6.06. The van der Waals surface area contributed by atoms with Gasteiger partial charge in [-0.25, -0.2) is 0 Å². The predicted octanol–water partition coefficient (Wildman–Crippen LogP) is 4.00. The summed E-state index contributed by atoms with van der Waals surface area (Å²) in [6.45, 7) is 12.9. The lowest BCUT2D eigenvalue weighted by Gasteiger charge is -2.36. The number of aliphatic imine (C=N–C) groups is 1. The lowest BCUT2D eigenvalue weighted by molar-refractivity contribution is -0.00835. The maximum atomic E-state index is 9.36. The van der Waals surface area contributed by atoms with Gasteiger partial charge in [-0.05, 0) is 49.7 Å². The lowest BCUT2D eigenvalue weighted by atomic mass is 9.94. The van der Waals surface area contributed by atoms with Crippen molar-refractivity contribution in [2.75, 3.05) is 39.4 Å². The molecule has 1 aromatic carbocycles. The van der Waals surface area contributed by atoms with E-state index >= 15 is 0 Å². The van der Waals surface area contributed by atoms with Crippen LogP contribution in [0.4, 0.5) is 0 Å². The van der Waals surface area contributed by atoms with Crippen LogP contribution < -0.4 is 5.32 Å². The Morgan fingerprint density at radius 1 is 1.36 bits per heavy atom. The average Bonchev–Trinajstić information content (AvgIpc) is 2.65. The predicted molar refractivity (Wildman–Crippen MR) is 127 cm³/mol. The molecule has 1 fully saturated rings. The third-order valence-electron chi connectivity index (χ3n) is 5.08. The number of halogens is 1. The van der Waals surface area contributed by atoms with E-state index in [1.54, 1.807) is 0 Å². The molecule has 0 amide bonds. The lowest BCUT2D eigenvalue weighted by Crippen LogP contribution is -2.48. The van der Waals surface area contributed by atoms with E-state index in [0.29, 0.717) is 18.4 Å². The Balaban J connectivity index is 0.00000392. The highest BCUT2D eigenvalue weighted by atomic mass is 127. The molecule has 0 aliphatic carbocycles. The van der Waals surface area contributed by atoms with Crippen LogP contribution in [-0.4, -0.2) is 55.4 Å². The van der Waals surface area contributed by atoms with E-state index in [0.717, 1.165) is 45.0 Å². The van der Waals surface area contributed by atoms with Crippen LogP contribution in [0.2, 0.25) is 0 Å². The maximum Gasteiger partial charge on any atom is 0.194 e. The van der Waals surface area contributed by atoms with Crippen molar-refractivity contribution < 1.29 is 9.84 Å². The van der Waals surface area contributed by atoms with Crippen molar-refractivity contribution in [1.29, 1.82) is 0 Å². The molecule has 1 saturated heterocycles. The quantitative estimate of drug-likeness (QED) is 0.320. The van der Waals surface area contributed by atoms with Gasteiger partial charge < -0.3 is 20.1 Å². The zero-order valence-corrected chi connectivity index (χ0v) is 20.2. The molecule has 0 saturated carbocycles. The molecule has 2 atom stereocenters. The summed E-state index contributed by atoms with van der Waals surface area (Å²) in [5, 5.41) is 12.8. The Hall–Kier alpha value is -0.860. The second kappa shape index (κ2) is 13.4. The van der Waals surface area contributed by atoms with Crippen LogP contribution in [0.15, 0.2) is 29.3 Å². The maximum absolute atomic E-state index is 9.36. The van der Waals surface area contributed by atoms with Crippen molar-refractivity contribution in [3.63, 3.8) is 0 Å². The van der Waals surface area contributed by atoms with E-state index in [2.05, 4.69) is 62.2 Å². The van der Waals surface area contributed by atoms with Crippen LogP contribution >= 0.6 is 24.0 Å². The molecular formula is C22H38IN3O2. The molecule has 0 bridgehead atoms. The van der Waals surface area contributed by atoms with Gasteiger partial charge in [-0.1, -0.05) is 38.1 Å². The first-order chi connectivity index (χ1) is 13.0. The molecule has 160 valence electrons. The Morgan fingerprint density at radius 2 is 2.11 bits per heavy atom. The van der Waals surface area contributed by atoms with E-state index in [-0.39, 0.29) is 36.7 Å². The minimum Gasteiger partial charge on any atom is -0.396 e. The van der Waals surface area contributed by atoms with Gasteiger partial charge in [-0.2, -0.15) is 0 Å². The Bertz CT molecular complexity index is 595. The first-order valence-corrected chi connectivity index (χ1v) is 10.4. The Labute approximate surface area is 188 Å². The van der Waals surface area contributed by atoms with Crippen LogP contribution in [0.3, 0.4) is 0 Å². The Morgan fingerprint density at radius 3 is 2.75 bits per heavy atom. The number of aliphatic hydroxyl groups is 1. The topological polar surface area (TPSA) is 57.1 Å². The third kappa shape index (κ3) is 7.87. The van der Waals surface area contributed by atoms with Gasteiger partial charge in [0.15, 0.2) is 5.96 Å². The number of benzene rings is 1. The highest BCUT2D eigenvalue weighted by Crippen LogP contribution is 2.25. The molecule has 2 unspecified atom stereocenters. The molecule has 1 aliphatic rings. The monoisotopic (exact) mass is 503 g/mol. The number of hydrogen-bond acceptors (Lipinski definition) is 3. The summed E-state index contributed by atoms with van der Waals surface area (Å²) in [7, 11) is 0. The second-order valence-corrected chi connectivity index (χ2v) is 7.86. The van der Waals surface area contributed by atoms with Gasteiger partial charge in [-0.3, -0.25) is 4.99 Å². The minimum absolute atomic E-state index is 0. The molecule has 0 aromatic heterocycles. The van der Waals surface area contributed by atoms with Crippen LogP contribution in [0, 0.1) is 18.8 Å². The van der Waals surface area contributed by atoms with Crippen molar-refractivity contribution in [3.8, 4) is 0 Å². The number of nitrogens with one attached hydrogen (secondary N) is 1. The third-order valence-corrected chi connectivity index (χ3v) is 5.08. The van der Waals surface area contributed by atoms with Gasteiger partial charge in [-0.15, -0.1) is 24.0 Å². The summed E-state index contributed by atoms with van der Waals surface area (Å²) in [6.07, 6.45) is 1.99. The molecule has 1 heterocycles. The van der Waals surface area contributed by atoms with Gasteiger partial charge in [0.2, 0.25) is 0 Å². The molecular weight excluding hydrogens is 465 g/mol. The molecule has 2 rings (SSSR count). The first kappa shape index (κ1) is 25.2. The number of aryl methyl sites for hydroxylation is 1. The van der Waals surface area contributed by atoms with Gasteiger partial charge in [0.05, 0.1) is 13.2 Å². The molecule has 2 N–H and O–H groups in total. The summed E-state index contributed by atoms with van der Waals surface area (Å²) in [5.41, 5.74) is 2.53. The van der Waals surface area contributed by atoms with Gasteiger partial charge in [0.25, 0.3) is 0 Å². The normalized spacial score (nSPS) is 18.7. The van der Waals surface area contributed by atoms with E-state index < -0.39 is 0 Å². The van der Waals surface area contributed by atoms with E-state index in [1.165, 1.54) is 11.1 Å². The average molecular weight is 503 g/mol. The fourth-order valence-corrected chi connectivity index (χ4v) is 3.75. The number of hydrogen-bond donors (Lipinski definition) is 2. The molecule has 0 spiro atoms. The molecule has 1 aliphatic heterocycles. The van der Waals surface area contributed by atoms with Crippen LogP contribution in [0.1, 0.15) is 50.8 Å². The van der Waals surface area contributed by atoms with Crippen molar-refractivity contribution >= 4 is 29.9 Å². The second-order valence-electron chi connectivity index (χ2n) is 7.86. The van der Waals surface area contributed by atoms with Gasteiger partial charge >= 0.3 is 0 Å². The van der Waals surface area contributed by atoms with Crippen molar-refractivity contribution in [3.05, 3.63) is 35.4 Å². The van der Waals surface area contributed by atoms with E-state index in [1.807, 2.05) is 0 Å². The van der Waals surface area contributed by atoms with Gasteiger partial charge in [0, 0.05) is 26.2 Å². The summed E-state index contributed by atoms with van der Waals surface area (Å²) in [6, 6.07) is 8.45. The summed E-state index contributed by atoms with van der Waals surface area (Å²) in [5.74, 6) is 2.01. The molecule has 0 radical (unpaired) electrons. The van der Waals surface area contributed by atoms with Crippen LogP contribution in [0.5, 0.6) is 0 Å². The smallest absolute Gasteiger partial charge is 0.194 e. The van der Waals surface area contributed by atoms with Crippen molar-refractivity contribution in [1.82, 2.24) is 10.2 Å². The van der Waals surface area contributed by atoms with Crippen LogP contribution in [-0.2, 0) is 4.74 Å². The number of nitrogens with zero attached hydrogens (tertiary/aromatic N) is 2. The number of guanidine groups is 1. The largest absolute Gasteiger partial charge is 0.396 e. The standard InChI is InChI=1S/C22H37N3O2.HI/c1-5-23-22(24-15-19(10-12-26)14-17(2)3)25-11-13-27-21(16-25)20-9-7-6-8-18(20)4;/h6-9,17,19,21,26H,5,10-16H2,1-4H3,(H,23,24);1H. The number of ether oxygens (including phenoxy) is 1. The molecule has 5 nitrogen and oxygen atoms in total. The minimum atomic E-state index is 0. The SMILES string of the molecule is CCNC(=NCC(CCO)CC(C)C)N1CCOC(c2ccccc2C)C1.I. The van der Waals surface area contributed by atoms with Gasteiger partial charge in [0.1, 0.15) is 6.10 Å². The highest BCUT2D eigenvalue weighted by molar-refractivity contribution is 14.0. The number of rotatable bonds is 8. The summed E-state index contributed by atoms with van der Waals surface area (Å²) in [4.78, 5) is 7.24. The number of morpholine rings is 1. The first-order valence-electron chi connectivity index (χ1n) is 10.4. The van der Waals surface area contributed by atoms with E-state index in [9.17, 15) is 5.11 Å². The zero-order valence-electron chi connectivity index (χ0n) is 17.9. The molecule has 6 heteroatoms. The van der Waals surface area contributed by atoms with E-state index in [4.69, 9.17) is 9.73 Å². The Kier molecular flexibility index (Phi) is 12.0. The molecule has 1 aromatic rings. The highest BCUT2D eigenvalue weighted by Gasteiger charge is 2.25. The van der Waals surface area contributed by atoms with Crippen molar-refractivity contribution in [2.45, 2.75) is 46.6 Å².